The van der Waals surface area contributed by atoms with Crippen molar-refractivity contribution in [3.63, 3.8) is 0 Å². The molecule has 0 amide bonds. The van der Waals surface area contributed by atoms with E-state index in [0.29, 0.717) is 17.9 Å². The van der Waals surface area contributed by atoms with Gasteiger partial charge in [-0.15, -0.1) is 0 Å². The predicted octanol–water partition coefficient (Wildman–Crippen LogP) is 1.03. The number of aliphatic hydroxyl groups is 1. The molecule has 0 aromatic heterocycles. The van der Waals surface area contributed by atoms with Gasteiger partial charge in [0.05, 0.1) is 19.1 Å². The zero-order chi connectivity index (χ0) is 16.5. The van der Waals surface area contributed by atoms with E-state index in [0.717, 1.165) is 0 Å². The fraction of sp³-hybridized carbons (Fsp3) is 0.467. The van der Waals surface area contributed by atoms with Crippen molar-refractivity contribution in [3.05, 3.63) is 29.8 Å². The minimum atomic E-state index is -1.22. The first-order valence-electron chi connectivity index (χ1n) is 7.02. The summed E-state index contributed by atoms with van der Waals surface area (Å²) in [5.41, 5.74) is 0.690. The van der Waals surface area contributed by atoms with Gasteiger partial charge in [-0.2, -0.15) is 0 Å². The highest BCUT2D eigenvalue weighted by Gasteiger charge is 2.20. The highest BCUT2D eigenvalue weighted by Crippen LogP contribution is 2.19. The van der Waals surface area contributed by atoms with E-state index in [1.54, 1.807) is 24.3 Å². The number of nitrogens with one attached hydrogen (secondary N) is 1. The third kappa shape index (κ3) is 6.11. The maximum absolute atomic E-state index is 10.9. The summed E-state index contributed by atoms with van der Waals surface area (Å²) in [6.07, 6.45) is -0.992. The monoisotopic (exact) mass is 311 g/mol. The number of aliphatic hydroxyl groups excluding tert-OH is 1. The molecular formula is C15H21NO6. The number of carboxylic acids is 2. The van der Waals surface area contributed by atoms with Gasteiger partial charge < -0.3 is 25.4 Å². The van der Waals surface area contributed by atoms with Crippen LogP contribution in [0.1, 0.15) is 31.4 Å². The maximum atomic E-state index is 10.9. The summed E-state index contributed by atoms with van der Waals surface area (Å²) < 4.78 is 5.30. The molecule has 7 heteroatoms. The minimum absolute atomic E-state index is 0.193. The molecule has 2 atom stereocenters. The van der Waals surface area contributed by atoms with Crippen LogP contribution in [0.5, 0.6) is 5.75 Å². The molecule has 0 heterocycles. The molecule has 122 valence electrons. The SMILES string of the molecule is CCOc1ccc(C(O)CCNC(CC(=O)O)C(=O)O)cc1. The van der Waals surface area contributed by atoms with Crippen molar-refractivity contribution in [2.24, 2.45) is 0 Å². The van der Waals surface area contributed by atoms with E-state index in [9.17, 15) is 14.7 Å². The molecule has 0 bridgehead atoms. The van der Waals surface area contributed by atoms with Gasteiger partial charge in [0.1, 0.15) is 11.8 Å². The van der Waals surface area contributed by atoms with E-state index in [-0.39, 0.29) is 13.0 Å². The summed E-state index contributed by atoms with van der Waals surface area (Å²) >= 11 is 0. The lowest BCUT2D eigenvalue weighted by atomic mass is 10.1. The van der Waals surface area contributed by atoms with E-state index >= 15 is 0 Å². The molecule has 1 rings (SSSR count). The van der Waals surface area contributed by atoms with Crippen LogP contribution in [0.3, 0.4) is 0 Å². The number of hydrogen-bond acceptors (Lipinski definition) is 5. The molecule has 4 N–H and O–H groups in total. The van der Waals surface area contributed by atoms with Crippen LogP contribution in [0, 0.1) is 0 Å². The molecule has 0 aliphatic carbocycles. The van der Waals surface area contributed by atoms with Gasteiger partial charge in [-0.05, 0) is 37.6 Å². The Balaban J connectivity index is 2.45. The van der Waals surface area contributed by atoms with Gasteiger partial charge in [-0.25, -0.2) is 0 Å². The average molecular weight is 311 g/mol. The van der Waals surface area contributed by atoms with Crippen molar-refractivity contribution in [1.29, 1.82) is 0 Å². The lowest BCUT2D eigenvalue weighted by Gasteiger charge is -2.15. The van der Waals surface area contributed by atoms with E-state index in [1.165, 1.54) is 0 Å². The van der Waals surface area contributed by atoms with Crippen molar-refractivity contribution >= 4 is 11.9 Å². The third-order valence-electron chi connectivity index (χ3n) is 3.06. The van der Waals surface area contributed by atoms with Crippen LogP contribution in [0.4, 0.5) is 0 Å². The predicted molar refractivity (Wildman–Crippen MR) is 78.9 cm³/mol. The standard InChI is InChI=1S/C15H21NO6/c1-2-22-11-5-3-10(4-6-11)13(17)7-8-16-12(15(20)21)9-14(18)19/h3-6,12-13,16-17H,2,7-9H2,1H3,(H,18,19)(H,20,21). The van der Waals surface area contributed by atoms with E-state index in [2.05, 4.69) is 5.32 Å². The lowest BCUT2D eigenvalue weighted by molar-refractivity contribution is -0.145. The average Bonchev–Trinajstić information content (AvgIpc) is 2.46. The van der Waals surface area contributed by atoms with Gasteiger partial charge in [-0.3, -0.25) is 9.59 Å². The first kappa shape index (κ1) is 17.9. The summed E-state index contributed by atoms with van der Waals surface area (Å²) in [6, 6.07) is 5.81. The Morgan fingerprint density at radius 3 is 2.36 bits per heavy atom. The van der Waals surface area contributed by atoms with E-state index in [1.807, 2.05) is 6.92 Å². The first-order valence-corrected chi connectivity index (χ1v) is 7.02. The summed E-state index contributed by atoms with van der Waals surface area (Å²) in [4.78, 5) is 21.4. The zero-order valence-corrected chi connectivity index (χ0v) is 12.4. The summed E-state index contributed by atoms with van der Waals surface area (Å²) in [5.74, 6) is -1.70. The Labute approximate surface area is 128 Å². The van der Waals surface area contributed by atoms with Gasteiger partial charge in [0, 0.05) is 0 Å². The lowest BCUT2D eigenvalue weighted by Crippen LogP contribution is -2.39. The second-order valence-corrected chi connectivity index (χ2v) is 4.75. The molecule has 0 aliphatic rings. The van der Waals surface area contributed by atoms with Crippen LogP contribution >= 0.6 is 0 Å². The second kappa shape index (κ2) is 9.01. The molecule has 7 nitrogen and oxygen atoms in total. The fourth-order valence-corrected chi connectivity index (χ4v) is 1.94. The van der Waals surface area contributed by atoms with Crippen LogP contribution in [-0.2, 0) is 9.59 Å². The Morgan fingerprint density at radius 1 is 1.23 bits per heavy atom. The second-order valence-electron chi connectivity index (χ2n) is 4.75. The molecule has 1 aromatic rings. The van der Waals surface area contributed by atoms with Crippen LogP contribution in [-0.4, -0.2) is 46.5 Å². The van der Waals surface area contributed by atoms with Crippen LogP contribution in [0.15, 0.2) is 24.3 Å². The molecule has 0 saturated carbocycles. The number of aliphatic carboxylic acids is 2. The number of rotatable bonds is 10. The molecular weight excluding hydrogens is 290 g/mol. The Hall–Kier alpha value is -2.12. The number of hydrogen-bond donors (Lipinski definition) is 4. The molecule has 2 unspecified atom stereocenters. The molecule has 0 spiro atoms. The molecule has 22 heavy (non-hydrogen) atoms. The first-order chi connectivity index (χ1) is 10.4. The number of carboxylic acid groups (broad SMARTS) is 2. The minimum Gasteiger partial charge on any atom is -0.494 e. The number of benzene rings is 1. The van der Waals surface area contributed by atoms with E-state index in [4.69, 9.17) is 14.9 Å². The topological polar surface area (TPSA) is 116 Å². The zero-order valence-electron chi connectivity index (χ0n) is 12.4. The van der Waals surface area contributed by atoms with Crippen LogP contribution < -0.4 is 10.1 Å². The Bertz CT molecular complexity index is 487. The Kier molecular flexibility index (Phi) is 7.34. The van der Waals surface area contributed by atoms with E-state index < -0.39 is 30.5 Å². The van der Waals surface area contributed by atoms with Crippen molar-refractivity contribution in [1.82, 2.24) is 5.32 Å². The fourth-order valence-electron chi connectivity index (χ4n) is 1.94. The third-order valence-corrected chi connectivity index (χ3v) is 3.06. The molecule has 1 aromatic carbocycles. The van der Waals surface area contributed by atoms with Crippen molar-refractivity contribution in [3.8, 4) is 5.75 Å². The molecule has 0 fully saturated rings. The number of carbonyl (C=O) groups is 2. The van der Waals surface area contributed by atoms with Crippen molar-refractivity contribution in [2.45, 2.75) is 31.9 Å². The van der Waals surface area contributed by atoms with Crippen molar-refractivity contribution in [2.75, 3.05) is 13.2 Å². The molecule has 0 aliphatic heterocycles. The summed E-state index contributed by atoms with van der Waals surface area (Å²) in [6.45, 7) is 2.63. The highest BCUT2D eigenvalue weighted by molar-refractivity contribution is 5.80. The van der Waals surface area contributed by atoms with Gasteiger partial charge in [0.25, 0.3) is 0 Å². The number of ether oxygens (including phenoxy) is 1. The van der Waals surface area contributed by atoms with Crippen molar-refractivity contribution < 1.29 is 29.6 Å². The normalized spacial score (nSPS) is 13.4. The van der Waals surface area contributed by atoms with Gasteiger partial charge >= 0.3 is 11.9 Å². The van der Waals surface area contributed by atoms with Crippen LogP contribution in [0.2, 0.25) is 0 Å². The summed E-state index contributed by atoms with van der Waals surface area (Å²) in [5, 5.41) is 30.2. The smallest absolute Gasteiger partial charge is 0.321 e. The highest BCUT2D eigenvalue weighted by atomic mass is 16.5. The summed E-state index contributed by atoms with van der Waals surface area (Å²) in [7, 11) is 0. The van der Waals surface area contributed by atoms with Gasteiger partial charge in [0.2, 0.25) is 0 Å². The van der Waals surface area contributed by atoms with Gasteiger partial charge in [-0.1, -0.05) is 12.1 Å². The Morgan fingerprint density at radius 2 is 1.86 bits per heavy atom. The largest absolute Gasteiger partial charge is 0.494 e. The van der Waals surface area contributed by atoms with Gasteiger partial charge in [0.15, 0.2) is 0 Å². The molecule has 0 saturated heterocycles. The maximum Gasteiger partial charge on any atom is 0.321 e. The quantitative estimate of drug-likeness (QED) is 0.510. The van der Waals surface area contributed by atoms with Crippen LogP contribution in [0.25, 0.3) is 0 Å². The molecule has 0 radical (unpaired) electrons.